The van der Waals surface area contributed by atoms with E-state index in [4.69, 9.17) is 10.5 Å². The Balaban J connectivity index is 1.91. The second kappa shape index (κ2) is 7.47. The van der Waals surface area contributed by atoms with Crippen LogP contribution in [0.15, 0.2) is 18.2 Å². The predicted octanol–water partition coefficient (Wildman–Crippen LogP) is 3.02. The minimum Gasteiger partial charge on any atom is -0.376 e. The molecule has 5 nitrogen and oxygen atoms in total. The maximum atomic E-state index is 13.9. The number of benzene rings is 1. The lowest BCUT2D eigenvalue weighted by atomic mass is 9.80. The maximum absolute atomic E-state index is 13.9. The number of hydrogen-bond acceptors (Lipinski definition) is 4. The van der Waals surface area contributed by atoms with E-state index in [1.54, 1.807) is 0 Å². The van der Waals surface area contributed by atoms with Crippen LogP contribution in [0.5, 0.6) is 0 Å². The number of hydrogen-bond donors (Lipinski definition) is 1. The minimum absolute atomic E-state index is 0.0568. The molecule has 116 valence electrons. The number of halogens is 1. The van der Waals surface area contributed by atoms with Gasteiger partial charge in [-0.1, -0.05) is 25.0 Å². The average molecular weight is 296 g/mol. The van der Waals surface area contributed by atoms with E-state index in [0.29, 0.717) is 25.0 Å². The number of rotatable bonds is 6. The Bertz CT molecular complexity index is 496. The van der Waals surface area contributed by atoms with Crippen LogP contribution in [-0.2, 0) is 11.3 Å². The molecule has 0 radical (unpaired) electrons. The highest BCUT2D eigenvalue weighted by Gasteiger charge is 2.24. The summed E-state index contributed by atoms with van der Waals surface area (Å²) >= 11 is 0. The summed E-state index contributed by atoms with van der Waals surface area (Å²) in [7, 11) is 0. The van der Waals surface area contributed by atoms with E-state index in [1.807, 2.05) is 0 Å². The monoisotopic (exact) mass is 296 g/mol. The normalized spacial score (nSPS) is 22.2. The van der Waals surface area contributed by atoms with Crippen LogP contribution in [0, 0.1) is 27.8 Å². The predicted molar refractivity (Wildman–Crippen MR) is 77.2 cm³/mol. The van der Waals surface area contributed by atoms with E-state index in [-0.39, 0.29) is 12.2 Å². The first-order valence-electron chi connectivity index (χ1n) is 7.33. The van der Waals surface area contributed by atoms with Crippen molar-refractivity contribution < 1.29 is 14.1 Å². The molecule has 1 aromatic rings. The van der Waals surface area contributed by atoms with Crippen molar-refractivity contribution in [2.75, 3.05) is 13.2 Å². The van der Waals surface area contributed by atoms with Crippen molar-refractivity contribution in [1.29, 1.82) is 0 Å². The van der Waals surface area contributed by atoms with Gasteiger partial charge in [-0.05, 0) is 31.2 Å². The van der Waals surface area contributed by atoms with Crippen molar-refractivity contribution in [2.45, 2.75) is 32.3 Å². The first-order valence-corrected chi connectivity index (χ1v) is 7.33. The summed E-state index contributed by atoms with van der Waals surface area (Å²) in [5.41, 5.74) is 5.48. The molecule has 1 aliphatic rings. The van der Waals surface area contributed by atoms with Gasteiger partial charge in [0.2, 0.25) is 5.82 Å². The second-order valence-corrected chi connectivity index (χ2v) is 5.56. The zero-order valence-corrected chi connectivity index (χ0v) is 12.0. The molecule has 0 aromatic heterocycles. The van der Waals surface area contributed by atoms with Gasteiger partial charge in [-0.2, -0.15) is 4.39 Å². The molecule has 1 aromatic carbocycles. The third kappa shape index (κ3) is 3.98. The van der Waals surface area contributed by atoms with Gasteiger partial charge in [-0.3, -0.25) is 10.1 Å². The summed E-state index contributed by atoms with van der Waals surface area (Å²) in [5, 5.41) is 10.7. The Morgan fingerprint density at radius 2 is 2.05 bits per heavy atom. The molecule has 1 saturated carbocycles. The second-order valence-electron chi connectivity index (χ2n) is 5.56. The van der Waals surface area contributed by atoms with Gasteiger partial charge >= 0.3 is 5.69 Å². The van der Waals surface area contributed by atoms with Gasteiger partial charge in [0.25, 0.3) is 0 Å². The largest absolute Gasteiger partial charge is 0.376 e. The Morgan fingerprint density at radius 1 is 1.33 bits per heavy atom. The number of ether oxygens (including phenoxy) is 1. The highest BCUT2D eigenvalue weighted by molar-refractivity contribution is 5.36. The molecule has 1 aliphatic carbocycles. The van der Waals surface area contributed by atoms with Crippen molar-refractivity contribution in [2.24, 2.45) is 17.6 Å². The minimum atomic E-state index is -0.804. The number of nitrogens with zero attached hydrogens (tertiary/aromatic N) is 1. The van der Waals surface area contributed by atoms with E-state index in [1.165, 1.54) is 25.0 Å². The van der Waals surface area contributed by atoms with Gasteiger partial charge in [0, 0.05) is 11.6 Å². The molecule has 2 rings (SSSR count). The number of nitro benzene ring substituents is 1. The zero-order chi connectivity index (χ0) is 15.2. The van der Waals surface area contributed by atoms with Gasteiger partial charge in [-0.15, -0.1) is 0 Å². The van der Waals surface area contributed by atoms with Gasteiger partial charge in [-0.25, -0.2) is 0 Å². The first-order chi connectivity index (χ1) is 10.1. The van der Waals surface area contributed by atoms with Gasteiger partial charge in [0.05, 0.1) is 18.1 Å². The summed E-state index contributed by atoms with van der Waals surface area (Å²) in [6, 6.07) is 4.15. The topological polar surface area (TPSA) is 78.4 Å². The lowest BCUT2D eigenvalue weighted by Gasteiger charge is -2.30. The molecular weight excluding hydrogens is 275 g/mol. The molecule has 2 N–H and O–H groups in total. The van der Waals surface area contributed by atoms with Crippen LogP contribution in [0.25, 0.3) is 0 Å². The van der Waals surface area contributed by atoms with Crippen LogP contribution in [0.1, 0.15) is 31.2 Å². The van der Waals surface area contributed by atoms with Crippen LogP contribution in [0.4, 0.5) is 10.1 Å². The number of nitrogens with two attached hydrogens (primary N) is 1. The van der Waals surface area contributed by atoms with E-state index in [2.05, 4.69) is 0 Å². The van der Waals surface area contributed by atoms with Crippen molar-refractivity contribution in [1.82, 2.24) is 0 Å². The molecule has 21 heavy (non-hydrogen) atoms. The SMILES string of the molecule is NCC1CCCCC1COCc1cccc([N+](=O)[O-])c1F. The summed E-state index contributed by atoms with van der Waals surface area (Å²) < 4.78 is 19.5. The molecular formula is C15H21FN2O3. The average Bonchev–Trinajstić information content (AvgIpc) is 2.49. The van der Waals surface area contributed by atoms with Gasteiger partial charge in [0.15, 0.2) is 0 Å². The highest BCUT2D eigenvalue weighted by Crippen LogP contribution is 2.30. The third-order valence-corrected chi connectivity index (χ3v) is 4.21. The van der Waals surface area contributed by atoms with Crippen LogP contribution in [-0.4, -0.2) is 18.1 Å². The molecule has 2 atom stereocenters. The molecule has 1 fully saturated rings. The van der Waals surface area contributed by atoms with E-state index in [9.17, 15) is 14.5 Å². The fourth-order valence-electron chi connectivity index (χ4n) is 2.95. The molecule has 0 aliphatic heterocycles. The van der Waals surface area contributed by atoms with Crippen LogP contribution in [0.2, 0.25) is 0 Å². The molecule has 2 unspecified atom stereocenters. The Morgan fingerprint density at radius 3 is 2.71 bits per heavy atom. The van der Waals surface area contributed by atoms with E-state index >= 15 is 0 Å². The molecule has 6 heteroatoms. The summed E-state index contributed by atoms with van der Waals surface area (Å²) in [5.74, 6) is 0.0701. The van der Waals surface area contributed by atoms with Gasteiger partial charge < -0.3 is 10.5 Å². The third-order valence-electron chi connectivity index (χ3n) is 4.21. The van der Waals surface area contributed by atoms with Crippen molar-refractivity contribution in [3.63, 3.8) is 0 Å². The quantitative estimate of drug-likeness (QED) is 0.646. The smallest absolute Gasteiger partial charge is 0.305 e. The van der Waals surface area contributed by atoms with E-state index in [0.717, 1.165) is 18.9 Å². The van der Waals surface area contributed by atoms with Crippen LogP contribution in [0.3, 0.4) is 0 Å². The molecule has 0 saturated heterocycles. The highest BCUT2D eigenvalue weighted by atomic mass is 19.1. The molecule has 0 amide bonds. The lowest BCUT2D eigenvalue weighted by Crippen LogP contribution is -2.29. The summed E-state index contributed by atoms with van der Waals surface area (Å²) in [6.45, 7) is 1.24. The summed E-state index contributed by atoms with van der Waals surface area (Å²) in [4.78, 5) is 9.97. The standard InChI is InChI=1S/C15H21FN2O3/c16-15-13(6-3-7-14(15)18(19)20)10-21-9-12-5-2-1-4-11(12)8-17/h3,6-7,11-12H,1-2,4-5,8-10,17H2. The van der Waals surface area contributed by atoms with Gasteiger partial charge in [0.1, 0.15) is 0 Å². The van der Waals surface area contributed by atoms with E-state index < -0.39 is 16.4 Å². The maximum Gasteiger partial charge on any atom is 0.305 e. The van der Waals surface area contributed by atoms with Crippen molar-refractivity contribution in [3.05, 3.63) is 39.7 Å². The Hall–Kier alpha value is -1.53. The lowest BCUT2D eigenvalue weighted by molar-refractivity contribution is -0.387. The van der Waals surface area contributed by atoms with Crippen molar-refractivity contribution >= 4 is 5.69 Å². The Kier molecular flexibility index (Phi) is 5.64. The molecule has 0 bridgehead atoms. The van der Waals surface area contributed by atoms with Crippen LogP contribution < -0.4 is 5.73 Å². The molecule has 0 spiro atoms. The molecule has 0 heterocycles. The summed E-state index contributed by atoms with van der Waals surface area (Å²) in [6.07, 6.45) is 4.59. The fraction of sp³-hybridized carbons (Fsp3) is 0.600. The first kappa shape index (κ1) is 15.9. The zero-order valence-electron chi connectivity index (χ0n) is 12.0. The van der Waals surface area contributed by atoms with Crippen molar-refractivity contribution in [3.8, 4) is 0 Å². The fourth-order valence-corrected chi connectivity index (χ4v) is 2.95. The Labute approximate surface area is 123 Å². The number of nitro groups is 1. The van der Waals surface area contributed by atoms with Crippen LogP contribution >= 0.6 is 0 Å².